The van der Waals surface area contributed by atoms with Crippen LogP contribution in [0.25, 0.3) is 0 Å². The van der Waals surface area contributed by atoms with Gasteiger partial charge < -0.3 is 9.88 Å². The Morgan fingerprint density at radius 2 is 2.39 bits per heavy atom. The van der Waals surface area contributed by atoms with Crippen LogP contribution in [0.2, 0.25) is 0 Å². The van der Waals surface area contributed by atoms with Crippen LogP contribution in [-0.2, 0) is 13.0 Å². The molecule has 0 aromatic carbocycles. The van der Waals surface area contributed by atoms with E-state index in [1.54, 1.807) is 28.3 Å². The number of rotatable bonds is 5. The predicted molar refractivity (Wildman–Crippen MR) is 75.3 cm³/mol. The van der Waals surface area contributed by atoms with E-state index in [0.29, 0.717) is 12.4 Å². The Labute approximate surface area is 110 Å². The first-order chi connectivity index (χ1) is 8.70. The summed E-state index contributed by atoms with van der Waals surface area (Å²) in [5, 5.41) is 7.37. The molecule has 0 saturated heterocycles. The minimum atomic E-state index is -0.0582. The fraction of sp³-hybridized carbons (Fsp3) is 0.385. The molecule has 0 saturated carbocycles. The number of anilines is 1. The highest BCUT2D eigenvalue weighted by Gasteiger charge is 2.08. The van der Waals surface area contributed by atoms with Crippen LogP contribution in [0.4, 0.5) is 5.82 Å². The van der Waals surface area contributed by atoms with Crippen molar-refractivity contribution in [2.24, 2.45) is 0 Å². The highest BCUT2D eigenvalue weighted by molar-refractivity contribution is 7.07. The molecule has 1 atom stereocenters. The zero-order valence-corrected chi connectivity index (χ0v) is 11.4. The molecule has 2 rings (SSSR count). The predicted octanol–water partition coefficient (Wildman–Crippen LogP) is 2.37. The molecular weight excluding hydrogens is 246 g/mol. The Morgan fingerprint density at radius 1 is 1.56 bits per heavy atom. The van der Waals surface area contributed by atoms with Gasteiger partial charge in [0.2, 0.25) is 0 Å². The second kappa shape index (κ2) is 5.82. The van der Waals surface area contributed by atoms with E-state index >= 15 is 0 Å². The van der Waals surface area contributed by atoms with Crippen LogP contribution in [-0.4, -0.2) is 15.6 Å². The topological polar surface area (TPSA) is 46.9 Å². The van der Waals surface area contributed by atoms with Crippen LogP contribution in [0, 0.1) is 0 Å². The Morgan fingerprint density at radius 3 is 3.06 bits per heavy atom. The number of aromatic nitrogens is 2. The van der Waals surface area contributed by atoms with E-state index in [1.807, 2.05) is 6.92 Å². The Hall–Kier alpha value is -1.62. The van der Waals surface area contributed by atoms with E-state index in [9.17, 15) is 4.79 Å². The molecule has 2 aromatic heterocycles. The third-order valence-corrected chi connectivity index (χ3v) is 3.49. The van der Waals surface area contributed by atoms with Gasteiger partial charge in [-0.25, -0.2) is 4.98 Å². The van der Waals surface area contributed by atoms with Crippen LogP contribution >= 0.6 is 11.3 Å². The summed E-state index contributed by atoms with van der Waals surface area (Å²) in [5.74, 6) is 0.432. The number of hydrogen-bond acceptors (Lipinski definition) is 4. The summed E-state index contributed by atoms with van der Waals surface area (Å²) in [6, 6.07) is 2.29. The molecule has 5 heteroatoms. The Bertz CT molecular complexity index is 548. The first kappa shape index (κ1) is 12.8. The van der Waals surface area contributed by atoms with E-state index < -0.39 is 0 Å². The van der Waals surface area contributed by atoms with Crippen molar-refractivity contribution >= 4 is 17.2 Å². The summed E-state index contributed by atoms with van der Waals surface area (Å²) in [6.45, 7) is 4.66. The third-order valence-electron chi connectivity index (χ3n) is 2.76. The number of thiophene rings is 1. The highest BCUT2D eigenvalue weighted by Crippen LogP contribution is 2.10. The monoisotopic (exact) mass is 263 g/mol. The van der Waals surface area contributed by atoms with Crippen LogP contribution in [0.15, 0.2) is 34.0 Å². The molecule has 1 N–H and O–H groups in total. The number of hydrogen-bond donors (Lipinski definition) is 1. The van der Waals surface area contributed by atoms with Gasteiger partial charge >= 0.3 is 0 Å². The lowest BCUT2D eigenvalue weighted by molar-refractivity contribution is 0.709. The zero-order chi connectivity index (χ0) is 13.0. The smallest absolute Gasteiger partial charge is 0.293 e. The van der Waals surface area contributed by atoms with Crippen molar-refractivity contribution in [3.63, 3.8) is 0 Å². The van der Waals surface area contributed by atoms with Crippen molar-refractivity contribution in [1.29, 1.82) is 0 Å². The lowest BCUT2D eigenvalue weighted by Gasteiger charge is -2.14. The minimum absolute atomic E-state index is 0.0582. The van der Waals surface area contributed by atoms with Crippen molar-refractivity contribution in [3.8, 4) is 0 Å². The molecule has 1 unspecified atom stereocenters. The molecule has 18 heavy (non-hydrogen) atoms. The van der Waals surface area contributed by atoms with E-state index in [1.165, 1.54) is 5.56 Å². The molecule has 4 nitrogen and oxygen atoms in total. The van der Waals surface area contributed by atoms with E-state index in [0.717, 1.165) is 6.42 Å². The summed E-state index contributed by atoms with van der Waals surface area (Å²) in [7, 11) is 0. The van der Waals surface area contributed by atoms with Crippen LogP contribution in [0.5, 0.6) is 0 Å². The van der Waals surface area contributed by atoms with Gasteiger partial charge in [0, 0.05) is 25.0 Å². The zero-order valence-electron chi connectivity index (χ0n) is 10.6. The second-order valence-electron chi connectivity index (χ2n) is 4.25. The summed E-state index contributed by atoms with van der Waals surface area (Å²) < 4.78 is 1.65. The van der Waals surface area contributed by atoms with Gasteiger partial charge in [0.25, 0.3) is 5.56 Å². The van der Waals surface area contributed by atoms with Gasteiger partial charge in [-0.2, -0.15) is 11.3 Å². The number of nitrogens with zero attached hydrogens (tertiary/aromatic N) is 2. The van der Waals surface area contributed by atoms with Gasteiger partial charge in [-0.3, -0.25) is 4.79 Å². The highest BCUT2D eigenvalue weighted by atomic mass is 32.1. The summed E-state index contributed by atoms with van der Waals surface area (Å²) >= 11 is 1.69. The van der Waals surface area contributed by atoms with Crippen molar-refractivity contribution in [3.05, 3.63) is 45.1 Å². The van der Waals surface area contributed by atoms with Crippen molar-refractivity contribution < 1.29 is 0 Å². The fourth-order valence-electron chi connectivity index (χ4n) is 1.84. The summed E-state index contributed by atoms with van der Waals surface area (Å²) in [5.41, 5.74) is 1.23. The molecule has 0 aliphatic heterocycles. The molecule has 2 heterocycles. The van der Waals surface area contributed by atoms with Crippen molar-refractivity contribution in [1.82, 2.24) is 9.55 Å². The first-order valence-corrected chi connectivity index (χ1v) is 6.98. The lowest BCUT2D eigenvalue weighted by Crippen LogP contribution is -2.28. The fourth-order valence-corrected chi connectivity index (χ4v) is 2.52. The van der Waals surface area contributed by atoms with Crippen LogP contribution in [0.3, 0.4) is 0 Å². The lowest BCUT2D eigenvalue weighted by atomic mass is 10.1. The summed E-state index contributed by atoms with van der Waals surface area (Å²) in [4.78, 5) is 16.1. The molecule has 0 aliphatic rings. The van der Waals surface area contributed by atoms with Crippen molar-refractivity contribution in [2.45, 2.75) is 32.9 Å². The normalized spacial score (nSPS) is 12.3. The van der Waals surface area contributed by atoms with Crippen LogP contribution in [0.1, 0.15) is 19.4 Å². The average Bonchev–Trinajstić information content (AvgIpc) is 2.84. The van der Waals surface area contributed by atoms with Gasteiger partial charge in [0.05, 0.1) is 0 Å². The molecule has 0 fully saturated rings. The van der Waals surface area contributed by atoms with Gasteiger partial charge in [-0.1, -0.05) is 0 Å². The maximum absolute atomic E-state index is 12.0. The molecule has 96 valence electrons. The third kappa shape index (κ3) is 2.98. The van der Waals surface area contributed by atoms with Crippen molar-refractivity contribution in [2.75, 3.05) is 5.32 Å². The van der Waals surface area contributed by atoms with E-state index in [2.05, 4.69) is 34.1 Å². The van der Waals surface area contributed by atoms with Gasteiger partial charge in [-0.05, 0) is 42.7 Å². The minimum Gasteiger partial charge on any atom is -0.363 e. The molecule has 0 aliphatic carbocycles. The Kier molecular flexibility index (Phi) is 4.15. The second-order valence-corrected chi connectivity index (χ2v) is 5.03. The first-order valence-electron chi connectivity index (χ1n) is 6.03. The maximum Gasteiger partial charge on any atom is 0.293 e. The quantitative estimate of drug-likeness (QED) is 0.901. The largest absolute Gasteiger partial charge is 0.363 e. The Balaban J connectivity index is 2.07. The van der Waals surface area contributed by atoms with E-state index in [4.69, 9.17) is 0 Å². The number of nitrogens with one attached hydrogen (secondary N) is 1. The molecule has 0 bridgehead atoms. The molecular formula is C13H17N3OS. The standard InChI is InChI=1S/C13H17N3OS/c1-3-16-6-5-14-12(13(16)17)15-10(2)8-11-4-7-18-9-11/h4-7,9-10H,3,8H2,1-2H3,(H,14,15). The van der Waals surface area contributed by atoms with Gasteiger partial charge in [0.1, 0.15) is 0 Å². The van der Waals surface area contributed by atoms with Crippen LogP contribution < -0.4 is 10.9 Å². The summed E-state index contributed by atoms with van der Waals surface area (Å²) in [6.07, 6.45) is 4.26. The average molecular weight is 263 g/mol. The maximum atomic E-state index is 12.0. The molecule has 2 aromatic rings. The van der Waals surface area contributed by atoms with E-state index in [-0.39, 0.29) is 11.6 Å². The van der Waals surface area contributed by atoms with Gasteiger partial charge in [-0.15, -0.1) is 0 Å². The van der Waals surface area contributed by atoms with Gasteiger partial charge in [0.15, 0.2) is 5.82 Å². The molecule has 0 spiro atoms. The number of aryl methyl sites for hydroxylation is 1. The SMILES string of the molecule is CCn1ccnc(NC(C)Cc2ccsc2)c1=O. The molecule has 0 amide bonds. The molecule has 0 radical (unpaired) electrons.